The molecule has 1 aliphatic heterocycles. The maximum absolute atomic E-state index is 12.5. The zero-order valence-corrected chi connectivity index (χ0v) is 19.2. The summed E-state index contributed by atoms with van der Waals surface area (Å²) in [5, 5.41) is 3.86. The number of carbonyl (C=O) groups excluding carboxylic acids is 1. The smallest absolute Gasteiger partial charge is 0.224 e. The minimum Gasteiger partial charge on any atom is -0.353 e. The van der Waals surface area contributed by atoms with Crippen molar-refractivity contribution in [3.63, 3.8) is 0 Å². The predicted octanol–water partition coefficient (Wildman–Crippen LogP) is 5.69. The Bertz CT molecular complexity index is 945. The molecule has 0 aromatic heterocycles. The summed E-state index contributed by atoms with van der Waals surface area (Å²) in [7, 11) is 0. The van der Waals surface area contributed by atoms with Crippen molar-refractivity contribution in [3.05, 3.63) is 107 Å². The molecule has 0 saturated carbocycles. The van der Waals surface area contributed by atoms with Crippen molar-refractivity contribution in [2.24, 2.45) is 0 Å². The Morgan fingerprint density at radius 3 is 2.03 bits per heavy atom. The zero-order chi connectivity index (χ0) is 22.2. The topological polar surface area (TPSA) is 32.3 Å². The van der Waals surface area contributed by atoms with Crippen molar-refractivity contribution in [3.8, 4) is 0 Å². The number of hydrogen-bond donors (Lipinski definition) is 1. The molecule has 1 fully saturated rings. The second kappa shape index (κ2) is 11.3. The van der Waals surface area contributed by atoms with Crippen LogP contribution >= 0.6 is 11.6 Å². The van der Waals surface area contributed by atoms with Gasteiger partial charge in [0.15, 0.2) is 0 Å². The molecule has 1 aliphatic rings. The van der Waals surface area contributed by atoms with Gasteiger partial charge in [-0.2, -0.15) is 0 Å². The fraction of sp³-hybridized carbons (Fsp3) is 0.321. The van der Waals surface area contributed by atoms with E-state index in [4.69, 9.17) is 11.6 Å². The van der Waals surface area contributed by atoms with Crippen LogP contribution in [0.4, 0.5) is 0 Å². The van der Waals surface area contributed by atoms with Crippen molar-refractivity contribution < 1.29 is 4.79 Å². The van der Waals surface area contributed by atoms with Gasteiger partial charge in [-0.05, 0) is 48.6 Å². The van der Waals surface area contributed by atoms with Gasteiger partial charge in [-0.1, -0.05) is 90.5 Å². The maximum Gasteiger partial charge on any atom is 0.224 e. The van der Waals surface area contributed by atoms with Crippen molar-refractivity contribution >= 4 is 17.5 Å². The van der Waals surface area contributed by atoms with E-state index < -0.39 is 0 Å². The van der Waals surface area contributed by atoms with Crippen molar-refractivity contribution in [2.75, 3.05) is 19.6 Å². The number of benzene rings is 3. The van der Waals surface area contributed by atoms with Gasteiger partial charge in [-0.25, -0.2) is 0 Å². The molecule has 3 aromatic rings. The Labute approximate surface area is 196 Å². The van der Waals surface area contributed by atoms with Gasteiger partial charge < -0.3 is 10.2 Å². The van der Waals surface area contributed by atoms with Crippen LogP contribution in [-0.2, 0) is 11.2 Å². The van der Waals surface area contributed by atoms with Gasteiger partial charge in [-0.15, -0.1) is 0 Å². The average molecular weight is 447 g/mol. The molecule has 0 radical (unpaired) electrons. The van der Waals surface area contributed by atoms with Crippen molar-refractivity contribution in [2.45, 2.75) is 37.6 Å². The fourth-order valence-corrected chi connectivity index (χ4v) is 4.81. The monoisotopic (exact) mass is 446 g/mol. The summed E-state index contributed by atoms with van der Waals surface area (Å²) >= 11 is 6.19. The highest BCUT2D eigenvalue weighted by atomic mass is 35.5. The number of rotatable bonds is 8. The quantitative estimate of drug-likeness (QED) is 0.482. The Morgan fingerprint density at radius 1 is 0.875 bits per heavy atom. The Balaban J connectivity index is 1.27. The highest BCUT2D eigenvalue weighted by Gasteiger charge is 2.22. The molecule has 1 saturated heterocycles. The highest BCUT2D eigenvalue weighted by Crippen LogP contribution is 2.28. The SMILES string of the molecule is O=C(Cc1ccccc1Cl)NC1CCN(CCC(c2ccccc2)c2ccccc2)CC1. The lowest BCUT2D eigenvalue weighted by molar-refractivity contribution is -0.121. The largest absolute Gasteiger partial charge is 0.353 e. The molecule has 4 heteroatoms. The molecule has 0 aliphatic carbocycles. The molecular formula is C28H31ClN2O. The summed E-state index contributed by atoms with van der Waals surface area (Å²) < 4.78 is 0. The molecule has 0 bridgehead atoms. The van der Waals surface area contributed by atoms with Crippen LogP contribution in [0.3, 0.4) is 0 Å². The van der Waals surface area contributed by atoms with Gasteiger partial charge in [0.1, 0.15) is 0 Å². The summed E-state index contributed by atoms with van der Waals surface area (Å²) in [6, 6.07) is 29.4. The minimum atomic E-state index is 0.0600. The second-order valence-corrected chi connectivity index (χ2v) is 9.02. The lowest BCUT2D eigenvalue weighted by atomic mass is 9.88. The molecule has 0 atom stereocenters. The van der Waals surface area contributed by atoms with Crippen LogP contribution in [-0.4, -0.2) is 36.5 Å². The third-order valence-corrected chi connectivity index (χ3v) is 6.77. The van der Waals surface area contributed by atoms with Gasteiger partial charge in [0.25, 0.3) is 0 Å². The van der Waals surface area contributed by atoms with Crippen LogP contribution in [0.15, 0.2) is 84.9 Å². The van der Waals surface area contributed by atoms with Crippen LogP contribution in [0.25, 0.3) is 0 Å². The van der Waals surface area contributed by atoms with E-state index in [-0.39, 0.29) is 11.9 Å². The standard InChI is InChI=1S/C28H31ClN2O/c29-27-14-8-7-13-24(27)21-28(32)30-25-15-18-31(19-16-25)20-17-26(22-9-3-1-4-10-22)23-11-5-2-6-12-23/h1-14,25-26H,15-21H2,(H,30,32). The number of nitrogens with one attached hydrogen (secondary N) is 1. The zero-order valence-electron chi connectivity index (χ0n) is 18.4. The molecule has 3 nitrogen and oxygen atoms in total. The predicted molar refractivity (Wildman–Crippen MR) is 132 cm³/mol. The van der Waals surface area contributed by atoms with E-state index in [2.05, 4.69) is 70.9 Å². The van der Waals surface area contributed by atoms with E-state index in [0.29, 0.717) is 17.4 Å². The van der Waals surface area contributed by atoms with E-state index in [1.165, 1.54) is 11.1 Å². The number of piperidine rings is 1. The van der Waals surface area contributed by atoms with Crippen molar-refractivity contribution in [1.82, 2.24) is 10.2 Å². The Hall–Kier alpha value is -2.62. The third kappa shape index (κ3) is 6.21. The van der Waals surface area contributed by atoms with Crippen LogP contribution < -0.4 is 5.32 Å². The van der Waals surface area contributed by atoms with Crippen LogP contribution in [0, 0.1) is 0 Å². The molecular weight excluding hydrogens is 416 g/mol. The lowest BCUT2D eigenvalue weighted by Gasteiger charge is -2.33. The summed E-state index contributed by atoms with van der Waals surface area (Å²) in [4.78, 5) is 15.0. The van der Waals surface area contributed by atoms with Gasteiger partial charge in [0.2, 0.25) is 5.91 Å². The third-order valence-electron chi connectivity index (χ3n) is 6.40. The molecule has 1 heterocycles. The van der Waals surface area contributed by atoms with Gasteiger partial charge in [0, 0.05) is 30.1 Å². The number of halogens is 1. The second-order valence-electron chi connectivity index (χ2n) is 8.61. The lowest BCUT2D eigenvalue weighted by Crippen LogP contribution is -2.45. The Kier molecular flexibility index (Phi) is 7.97. The van der Waals surface area contributed by atoms with E-state index in [1.807, 2.05) is 24.3 Å². The van der Waals surface area contributed by atoms with Crippen molar-refractivity contribution in [1.29, 1.82) is 0 Å². The normalized spacial score (nSPS) is 15.1. The highest BCUT2D eigenvalue weighted by molar-refractivity contribution is 6.31. The maximum atomic E-state index is 12.5. The molecule has 3 aromatic carbocycles. The molecule has 1 N–H and O–H groups in total. The van der Waals surface area contributed by atoms with Crippen LogP contribution in [0.2, 0.25) is 5.02 Å². The Morgan fingerprint density at radius 2 is 1.44 bits per heavy atom. The van der Waals surface area contributed by atoms with Gasteiger partial charge in [-0.3, -0.25) is 4.79 Å². The van der Waals surface area contributed by atoms with Crippen LogP contribution in [0.5, 0.6) is 0 Å². The van der Waals surface area contributed by atoms with Gasteiger partial charge in [0.05, 0.1) is 6.42 Å². The number of amides is 1. The van der Waals surface area contributed by atoms with Gasteiger partial charge >= 0.3 is 0 Å². The number of nitrogens with zero attached hydrogens (tertiary/aromatic N) is 1. The number of carbonyl (C=O) groups is 1. The molecule has 32 heavy (non-hydrogen) atoms. The fourth-order valence-electron chi connectivity index (χ4n) is 4.60. The summed E-state index contributed by atoms with van der Waals surface area (Å²) in [6.45, 7) is 3.11. The first-order valence-corrected chi connectivity index (χ1v) is 11.9. The van der Waals surface area contributed by atoms with E-state index in [0.717, 1.165) is 44.5 Å². The molecule has 4 rings (SSSR count). The van der Waals surface area contributed by atoms with E-state index in [1.54, 1.807) is 0 Å². The van der Waals surface area contributed by atoms with Crippen LogP contribution in [0.1, 0.15) is 41.9 Å². The first kappa shape index (κ1) is 22.6. The summed E-state index contributed by atoms with van der Waals surface area (Å²) in [5.74, 6) is 0.468. The molecule has 0 spiro atoms. The first-order valence-electron chi connectivity index (χ1n) is 11.5. The summed E-state index contributed by atoms with van der Waals surface area (Å²) in [6.07, 6.45) is 3.43. The molecule has 1 amide bonds. The van der Waals surface area contributed by atoms with E-state index in [9.17, 15) is 4.79 Å². The average Bonchev–Trinajstić information content (AvgIpc) is 2.83. The number of hydrogen-bond acceptors (Lipinski definition) is 2. The first-order chi connectivity index (χ1) is 15.7. The minimum absolute atomic E-state index is 0.0600. The number of likely N-dealkylation sites (tertiary alicyclic amines) is 1. The summed E-state index contributed by atoms with van der Waals surface area (Å²) in [5.41, 5.74) is 3.64. The molecule has 0 unspecified atom stereocenters. The molecule has 166 valence electrons. The van der Waals surface area contributed by atoms with E-state index >= 15 is 0 Å².